The lowest BCUT2D eigenvalue weighted by atomic mass is 10.2. The van der Waals surface area contributed by atoms with Gasteiger partial charge in [-0.3, -0.25) is 4.79 Å². The highest BCUT2D eigenvalue weighted by Crippen LogP contribution is 2.32. The van der Waals surface area contributed by atoms with E-state index in [-0.39, 0.29) is 11.9 Å². The summed E-state index contributed by atoms with van der Waals surface area (Å²) in [5.74, 6) is -0.0605. The van der Waals surface area contributed by atoms with E-state index in [2.05, 4.69) is 4.57 Å². The lowest BCUT2D eigenvalue weighted by Crippen LogP contribution is -2.33. The second-order valence-corrected chi connectivity index (χ2v) is 8.26. The summed E-state index contributed by atoms with van der Waals surface area (Å²) >= 11 is 18.6. The maximum atomic E-state index is 13.2. The third kappa shape index (κ3) is 4.22. The summed E-state index contributed by atoms with van der Waals surface area (Å²) in [6.07, 6.45) is 4.05. The molecule has 0 bridgehead atoms. The number of benzene rings is 2. The van der Waals surface area contributed by atoms with Gasteiger partial charge >= 0.3 is 0 Å². The molecule has 1 aliphatic carbocycles. The molecule has 1 heterocycles. The van der Waals surface area contributed by atoms with Crippen molar-refractivity contribution in [3.8, 4) is 0 Å². The van der Waals surface area contributed by atoms with Gasteiger partial charge in [-0.25, -0.2) is 0 Å². The normalized spacial score (nSPS) is 13.5. The van der Waals surface area contributed by atoms with E-state index in [1.54, 1.807) is 18.2 Å². The topological polar surface area (TPSA) is 25.2 Å². The number of aromatic nitrogens is 1. The Morgan fingerprint density at radius 3 is 2.50 bits per heavy atom. The van der Waals surface area contributed by atoms with Crippen LogP contribution in [-0.4, -0.2) is 21.4 Å². The molecular weight excluding hydrogens is 415 g/mol. The van der Waals surface area contributed by atoms with E-state index in [4.69, 9.17) is 34.8 Å². The first-order chi connectivity index (χ1) is 13.5. The summed E-state index contributed by atoms with van der Waals surface area (Å²) in [5, 5.41) is 1.65. The smallest absolute Gasteiger partial charge is 0.255 e. The molecule has 4 rings (SSSR count). The monoisotopic (exact) mass is 432 g/mol. The second-order valence-electron chi connectivity index (χ2n) is 7.01. The first kappa shape index (κ1) is 19.4. The van der Waals surface area contributed by atoms with E-state index in [0.29, 0.717) is 28.7 Å². The molecule has 1 aromatic heterocycles. The molecule has 0 unspecified atom stereocenters. The number of halogens is 3. The van der Waals surface area contributed by atoms with E-state index in [0.717, 1.165) is 29.1 Å². The molecular formula is C22H19Cl3N2O. The molecule has 0 aliphatic heterocycles. The third-order valence-corrected chi connectivity index (χ3v) is 5.88. The Kier molecular flexibility index (Phi) is 5.68. The van der Waals surface area contributed by atoms with Crippen molar-refractivity contribution in [2.75, 3.05) is 0 Å². The lowest BCUT2D eigenvalue weighted by molar-refractivity contribution is 0.0726. The fraction of sp³-hybridized carbons (Fsp3) is 0.227. The number of nitrogens with zero attached hydrogens (tertiary/aromatic N) is 2. The van der Waals surface area contributed by atoms with Crippen molar-refractivity contribution in [2.45, 2.75) is 32.0 Å². The Balaban J connectivity index is 1.57. The Hall–Kier alpha value is -1.94. The summed E-state index contributed by atoms with van der Waals surface area (Å²) < 4.78 is 2.13. The van der Waals surface area contributed by atoms with E-state index in [9.17, 15) is 4.79 Å². The number of rotatable bonds is 6. The second kappa shape index (κ2) is 8.20. The molecule has 0 spiro atoms. The van der Waals surface area contributed by atoms with Gasteiger partial charge in [-0.05, 0) is 54.8 Å². The van der Waals surface area contributed by atoms with Gasteiger partial charge in [-0.2, -0.15) is 0 Å². The minimum atomic E-state index is -0.0605. The Labute approximate surface area is 179 Å². The van der Waals surface area contributed by atoms with Crippen LogP contribution < -0.4 is 0 Å². The Morgan fingerprint density at radius 1 is 1.00 bits per heavy atom. The summed E-state index contributed by atoms with van der Waals surface area (Å²) in [6.45, 7) is 1.19. The molecule has 2 aromatic carbocycles. The predicted octanol–water partition coefficient (Wildman–Crippen LogP) is 6.30. The first-order valence-corrected chi connectivity index (χ1v) is 10.3. The van der Waals surface area contributed by atoms with Crippen LogP contribution in [0.25, 0.3) is 0 Å². The predicted molar refractivity (Wildman–Crippen MR) is 114 cm³/mol. The minimum absolute atomic E-state index is 0.0605. The van der Waals surface area contributed by atoms with Crippen molar-refractivity contribution in [2.24, 2.45) is 0 Å². The zero-order chi connectivity index (χ0) is 19.7. The molecule has 1 fully saturated rings. The van der Waals surface area contributed by atoms with Crippen LogP contribution in [0.5, 0.6) is 0 Å². The standard InChI is InChI=1S/C22H19Cl3N2O/c23-16-7-10-19(21(25)12-16)22(28)27(17-8-9-17)14-18-5-3-11-26(18)13-15-4-1-2-6-20(15)24/h1-7,10-12,17H,8-9,13-14H2. The fourth-order valence-corrected chi connectivity index (χ4v) is 3.99. The highest BCUT2D eigenvalue weighted by molar-refractivity contribution is 6.36. The van der Waals surface area contributed by atoms with Crippen LogP contribution in [-0.2, 0) is 13.1 Å². The number of carbonyl (C=O) groups excluding carboxylic acids is 1. The van der Waals surface area contributed by atoms with Crippen molar-refractivity contribution < 1.29 is 4.79 Å². The van der Waals surface area contributed by atoms with Gasteiger partial charge in [0, 0.05) is 34.5 Å². The van der Waals surface area contributed by atoms with E-state index in [1.165, 1.54) is 0 Å². The number of hydrogen-bond acceptors (Lipinski definition) is 1. The zero-order valence-corrected chi connectivity index (χ0v) is 17.4. The summed E-state index contributed by atoms with van der Waals surface area (Å²) in [5.41, 5.74) is 2.60. The number of hydrogen-bond donors (Lipinski definition) is 0. The molecule has 1 saturated carbocycles. The van der Waals surface area contributed by atoms with Gasteiger partial charge in [-0.15, -0.1) is 0 Å². The van der Waals surface area contributed by atoms with Crippen molar-refractivity contribution in [1.29, 1.82) is 0 Å². The summed E-state index contributed by atoms with van der Waals surface area (Å²) in [4.78, 5) is 15.1. The summed E-state index contributed by atoms with van der Waals surface area (Å²) in [6, 6.07) is 17.1. The Morgan fingerprint density at radius 2 is 1.79 bits per heavy atom. The van der Waals surface area contributed by atoms with Crippen molar-refractivity contribution in [3.63, 3.8) is 0 Å². The van der Waals surface area contributed by atoms with Gasteiger partial charge in [0.1, 0.15) is 0 Å². The van der Waals surface area contributed by atoms with Gasteiger partial charge in [-0.1, -0.05) is 53.0 Å². The maximum Gasteiger partial charge on any atom is 0.255 e. The molecule has 28 heavy (non-hydrogen) atoms. The average Bonchev–Trinajstić information content (AvgIpc) is 3.41. The molecule has 144 valence electrons. The largest absolute Gasteiger partial charge is 0.345 e. The van der Waals surface area contributed by atoms with Gasteiger partial charge in [0.25, 0.3) is 5.91 Å². The van der Waals surface area contributed by atoms with Crippen LogP contribution in [0, 0.1) is 0 Å². The molecule has 0 N–H and O–H groups in total. The molecule has 1 amide bonds. The maximum absolute atomic E-state index is 13.2. The van der Waals surface area contributed by atoms with Gasteiger partial charge < -0.3 is 9.47 Å². The van der Waals surface area contributed by atoms with Gasteiger partial charge in [0.05, 0.1) is 17.1 Å². The lowest BCUT2D eigenvalue weighted by Gasteiger charge is -2.24. The van der Waals surface area contributed by atoms with E-state index < -0.39 is 0 Å². The quantitative estimate of drug-likeness (QED) is 0.448. The molecule has 1 aliphatic rings. The number of carbonyl (C=O) groups is 1. The van der Waals surface area contributed by atoms with Crippen molar-refractivity contribution in [1.82, 2.24) is 9.47 Å². The van der Waals surface area contributed by atoms with Crippen LogP contribution in [0.3, 0.4) is 0 Å². The van der Waals surface area contributed by atoms with Crippen LogP contribution in [0.1, 0.15) is 34.5 Å². The molecule has 3 nitrogen and oxygen atoms in total. The highest BCUT2D eigenvalue weighted by Gasteiger charge is 2.34. The fourth-order valence-electron chi connectivity index (χ4n) is 3.30. The molecule has 0 atom stereocenters. The Bertz CT molecular complexity index is 1010. The van der Waals surface area contributed by atoms with Crippen LogP contribution in [0.2, 0.25) is 15.1 Å². The van der Waals surface area contributed by atoms with E-state index in [1.807, 2.05) is 47.5 Å². The SMILES string of the molecule is O=C(c1ccc(Cl)cc1Cl)N(Cc1cccn1Cc1ccccc1Cl)C1CC1. The zero-order valence-electron chi connectivity index (χ0n) is 15.1. The van der Waals surface area contributed by atoms with Crippen molar-refractivity contribution in [3.05, 3.63) is 92.7 Å². The van der Waals surface area contributed by atoms with E-state index >= 15 is 0 Å². The molecule has 0 radical (unpaired) electrons. The minimum Gasteiger partial charge on any atom is -0.345 e. The molecule has 6 heteroatoms. The van der Waals surface area contributed by atoms with Crippen LogP contribution in [0.15, 0.2) is 60.8 Å². The van der Waals surface area contributed by atoms with Gasteiger partial charge in [0.15, 0.2) is 0 Å². The molecule has 0 saturated heterocycles. The van der Waals surface area contributed by atoms with Gasteiger partial charge in [0.2, 0.25) is 0 Å². The summed E-state index contributed by atoms with van der Waals surface area (Å²) in [7, 11) is 0. The third-order valence-electron chi connectivity index (χ3n) is 4.96. The van der Waals surface area contributed by atoms with Crippen LogP contribution >= 0.6 is 34.8 Å². The van der Waals surface area contributed by atoms with Crippen LogP contribution in [0.4, 0.5) is 0 Å². The highest BCUT2D eigenvalue weighted by atomic mass is 35.5. The number of amides is 1. The first-order valence-electron chi connectivity index (χ1n) is 9.16. The van der Waals surface area contributed by atoms with Crippen molar-refractivity contribution >= 4 is 40.7 Å². The average molecular weight is 434 g/mol. The molecule has 3 aromatic rings.